The molecule has 1 aliphatic heterocycles. The normalized spacial score (nSPS) is 22.7. The molecule has 2 heterocycles. The maximum absolute atomic E-state index is 6.21. The van der Waals surface area contributed by atoms with Gasteiger partial charge in [0.05, 0.1) is 13.3 Å². The topological polar surface area (TPSA) is 48.1 Å². The molecule has 0 spiro atoms. The monoisotopic (exact) mass is 224 g/mol. The summed E-state index contributed by atoms with van der Waals surface area (Å²) in [6.45, 7) is 0. The van der Waals surface area contributed by atoms with Gasteiger partial charge in [-0.25, -0.2) is 0 Å². The molecule has 0 aromatic carbocycles. The number of rotatable bonds is 3. The largest absolute Gasteiger partial charge is 0.495 e. The van der Waals surface area contributed by atoms with E-state index in [0.717, 1.165) is 11.3 Å². The zero-order chi connectivity index (χ0) is 10.7. The summed E-state index contributed by atoms with van der Waals surface area (Å²) >= 11 is 1.97. The predicted molar refractivity (Wildman–Crippen MR) is 63.2 cm³/mol. The first-order valence-corrected chi connectivity index (χ1v) is 6.22. The van der Waals surface area contributed by atoms with Gasteiger partial charge in [-0.3, -0.25) is 4.98 Å². The predicted octanol–water partition coefficient (Wildman–Crippen LogP) is 1.99. The Labute approximate surface area is 94.4 Å². The SMILES string of the molecule is COc1cncc(C(N)C2CCCS2)c1. The summed E-state index contributed by atoms with van der Waals surface area (Å²) in [5.41, 5.74) is 7.29. The van der Waals surface area contributed by atoms with E-state index in [-0.39, 0.29) is 6.04 Å². The Morgan fingerprint density at radius 2 is 2.47 bits per heavy atom. The fourth-order valence-electron chi connectivity index (χ4n) is 1.83. The summed E-state index contributed by atoms with van der Waals surface area (Å²) in [6.07, 6.45) is 6.04. The van der Waals surface area contributed by atoms with Crippen molar-refractivity contribution >= 4 is 11.8 Å². The first-order valence-electron chi connectivity index (χ1n) is 5.17. The molecule has 4 heteroatoms. The lowest BCUT2D eigenvalue weighted by Gasteiger charge is -2.18. The summed E-state index contributed by atoms with van der Waals surface area (Å²) in [7, 11) is 1.65. The lowest BCUT2D eigenvalue weighted by Crippen LogP contribution is -2.21. The molecule has 2 atom stereocenters. The van der Waals surface area contributed by atoms with Crippen LogP contribution in [0.25, 0.3) is 0 Å². The van der Waals surface area contributed by atoms with Gasteiger partial charge < -0.3 is 10.5 Å². The molecule has 0 saturated carbocycles. The van der Waals surface area contributed by atoms with Gasteiger partial charge in [0.15, 0.2) is 0 Å². The maximum Gasteiger partial charge on any atom is 0.137 e. The van der Waals surface area contributed by atoms with E-state index in [1.807, 2.05) is 24.0 Å². The lowest BCUT2D eigenvalue weighted by molar-refractivity contribution is 0.411. The minimum absolute atomic E-state index is 0.0834. The highest BCUT2D eigenvalue weighted by molar-refractivity contribution is 8.00. The molecule has 0 amide bonds. The van der Waals surface area contributed by atoms with E-state index < -0.39 is 0 Å². The van der Waals surface area contributed by atoms with Crippen LogP contribution in [0.5, 0.6) is 5.75 Å². The molecule has 2 N–H and O–H groups in total. The molecule has 0 aliphatic carbocycles. The second-order valence-electron chi connectivity index (χ2n) is 3.74. The van der Waals surface area contributed by atoms with Crippen molar-refractivity contribution in [3.8, 4) is 5.75 Å². The van der Waals surface area contributed by atoms with Crippen LogP contribution in [0, 0.1) is 0 Å². The van der Waals surface area contributed by atoms with Gasteiger partial charge >= 0.3 is 0 Å². The fraction of sp³-hybridized carbons (Fsp3) is 0.545. The van der Waals surface area contributed by atoms with Gasteiger partial charge in [-0.15, -0.1) is 0 Å². The molecule has 15 heavy (non-hydrogen) atoms. The Morgan fingerprint density at radius 1 is 1.60 bits per heavy atom. The number of thioether (sulfide) groups is 1. The number of hydrogen-bond donors (Lipinski definition) is 1. The van der Waals surface area contributed by atoms with Crippen LogP contribution in [0.4, 0.5) is 0 Å². The van der Waals surface area contributed by atoms with Crippen LogP contribution in [0.1, 0.15) is 24.4 Å². The van der Waals surface area contributed by atoms with Gasteiger partial charge in [0.1, 0.15) is 5.75 Å². The van der Waals surface area contributed by atoms with Crippen molar-refractivity contribution in [1.82, 2.24) is 4.98 Å². The number of aromatic nitrogens is 1. The second kappa shape index (κ2) is 4.86. The zero-order valence-corrected chi connectivity index (χ0v) is 9.67. The first kappa shape index (κ1) is 10.8. The minimum atomic E-state index is 0.0834. The molecule has 1 saturated heterocycles. The smallest absolute Gasteiger partial charge is 0.137 e. The quantitative estimate of drug-likeness (QED) is 0.853. The van der Waals surface area contributed by atoms with E-state index in [0.29, 0.717) is 5.25 Å². The van der Waals surface area contributed by atoms with Crippen molar-refractivity contribution < 1.29 is 4.74 Å². The number of nitrogens with two attached hydrogens (primary N) is 1. The third-order valence-electron chi connectivity index (χ3n) is 2.72. The van der Waals surface area contributed by atoms with Gasteiger partial charge in [0.25, 0.3) is 0 Å². The molecule has 0 bridgehead atoms. The lowest BCUT2D eigenvalue weighted by atomic mass is 10.0. The molecule has 3 nitrogen and oxygen atoms in total. The Bertz CT molecular complexity index is 326. The molecule has 2 rings (SSSR count). The molecule has 0 radical (unpaired) electrons. The summed E-state index contributed by atoms with van der Waals surface area (Å²) in [4.78, 5) is 4.13. The fourth-order valence-corrected chi connectivity index (χ4v) is 3.16. The summed E-state index contributed by atoms with van der Waals surface area (Å²) in [5, 5.41) is 0.541. The molecule has 2 unspecified atom stereocenters. The van der Waals surface area contributed by atoms with Crippen LogP contribution in [-0.2, 0) is 0 Å². The average Bonchev–Trinajstić information content (AvgIpc) is 2.81. The van der Waals surface area contributed by atoms with Crippen molar-refractivity contribution in [2.45, 2.75) is 24.1 Å². The van der Waals surface area contributed by atoms with Crippen LogP contribution >= 0.6 is 11.8 Å². The standard InChI is InChI=1S/C11H16N2OS/c1-14-9-5-8(6-13-7-9)11(12)10-3-2-4-15-10/h5-7,10-11H,2-4,12H2,1H3. The van der Waals surface area contributed by atoms with E-state index >= 15 is 0 Å². The van der Waals surface area contributed by atoms with Gasteiger partial charge in [0, 0.05) is 17.5 Å². The number of nitrogens with zero attached hydrogens (tertiary/aromatic N) is 1. The van der Waals surface area contributed by atoms with Crippen molar-refractivity contribution in [2.24, 2.45) is 5.73 Å². The highest BCUT2D eigenvalue weighted by atomic mass is 32.2. The van der Waals surface area contributed by atoms with E-state index in [9.17, 15) is 0 Å². The average molecular weight is 224 g/mol. The maximum atomic E-state index is 6.21. The van der Waals surface area contributed by atoms with E-state index in [4.69, 9.17) is 10.5 Å². The van der Waals surface area contributed by atoms with Crippen molar-refractivity contribution in [1.29, 1.82) is 0 Å². The molecule has 1 aromatic rings. The second-order valence-corrected chi connectivity index (χ2v) is 5.08. The molecule has 1 aliphatic rings. The van der Waals surface area contributed by atoms with E-state index in [2.05, 4.69) is 4.98 Å². The third kappa shape index (κ3) is 2.44. The Morgan fingerprint density at radius 3 is 3.13 bits per heavy atom. The molecule has 82 valence electrons. The molecular formula is C11H16N2OS. The zero-order valence-electron chi connectivity index (χ0n) is 8.85. The van der Waals surface area contributed by atoms with E-state index in [1.54, 1.807) is 13.3 Å². The number of methoxy groups -OCH3 is 1. The van der Waals surface area contributed by atoms with Crippen LogP contribution in [-0.4, -0.2) is 23.1 Å². The van der Waals surface area contributed by atoms with E-state index in [1.165, 1.54) is 18.6 Å². The molecular weight excluding hydrogens is 208 g/mol. The van der Waals surface area contributed by atoms with Crippen LogP contribution in [0.3, 0.4) is 0 Å². The third-order valence-corrected chi connectivity index (χ3v) is 4.20. The summed E-state index contributed by atoms with van der Waals surface area (Å²) in [5.74, 6) is 2.02. The summed E-state index contributed by atoms with van der Waals surface area (Å²) < 4.78 is 5.14. The summed E-state index contributed by atoms with van der Waals surface area (Å²) in [6, 6.07) is 2.07. The van der Waals surface area contributed by atoms with Gasteiger partial charge in [-0.05, 0) is 30.2 Å². The Balaban J connectivity index is 2.13. The Hall–Kier alpha value is -0.740. The van der Waals surface area contributed by atoms with Crippen molar-refractivity contribution in [2.75, 3.05) is 12.9 Å². The van der Waals surface area contributed by atoms with Crippen LogP contribution in [0.2, 0.25) is 0 Å². The van der Waals surface area contributed by atoms with Crippen LogP contribution < -0.4 is 10.5 Å². The van der Waals surface area contributed by atoms with Crippen LogP contribution in [0.15, 0.2) is 18.5 Å². The highest BCUT2D eigenvalue weighted by Gasteiger charge is 2.24. The first-order chi connectivity index (χ1) is 7.31. The number of hydrogen-bond acceptors (Lipinski definition) is 4. The minimum Gasteiger partial charge on any atom is -0.495 e. The highest BCUT2D eigenvalue weighted by Crippen LogP contribution is 2.34. The van der Waals surface area contributed by atoms with Gasteiger partial charge in [-0.1, -0.05) is 0 Å². The number of pyridine rings is 1. The van der Waals surface area contributed by atoms with Gasteiger partial charge in [0.2, 0.25) is 0 Å². The number of ether oxygens (including phenoxy) is 1. The van der Waals surface area contributed by atoms with Crippen molar-refractivity contribution in [3.05, 3.63) is 24.0 Å². The van der Waals surface area contributed by atoms with Crippen molar-refractivity contribution in [3.63, 3.8) is 0 Å². The Kier molecular flexibility index (Phi) is 3.49. The molecule has 1 fully saturated rings. The van der Waals surface area contributed by atoms with Gasteiger partial charge in [-0.2, -0.15) is 11.8 Å². The molecule has 1 aromatic heterocycles.